The third-order valence-electron chi connectivity index (χ3n) is 5.38. The number of hydrogen-bond donors (Lipinski definition) is 2. The summed E-state index contributed by atoms with van der Waals surface area (Å²) >= 11 is 0. The summed E-state index contributed by atoms with van der Waals surface area (Å²) in [6.07, 6.45) is 6.38. The number of aliphatic carboxylic acids is 1. The Morgan fingerprint density at radius 2 is 2.17 bits per heavy atom. The van der Waals surface area contributed by atoms with Crippen LogP contribution in [0.1, 0.15) is 50.3 Å². The Kier molecular flexibility index (Phi) is 3.87. The average molecular weight is 326 g/mol. The molecule has 1 fully saturated rings. The van der Waals surface area contributed by atoms with Crippen LogP contribution >= 0.6 is 0 Å². The first-order valence-corrected chi connectivity index (χ1v) is 9.12. The molecule has 4 heteroatoms. The topological polar surface area (TPSA) is 54.3 Å². The number of nitrogens with one attached hydrogen (secondary N) is 1. The van der Waals surface area contributed by atoms with Crippen LogP contribution in [0.15, 0.2) is 24.4 Å². The third kappa shape index (κ3) is 2.84. The Morgan fingerprint density at radius 1 is 1.38 bits per heavy atom. The number of nitrogens with zero attached hydrogens (tertiary/aromatic N) is 1. The molecule has 1 saturated carbocycles. The molecule has 2 atom stereocenters. The summed E-state index contributed by atoms with van der Waals surface area (Å²) < 4.78 is 2.36. The highest BCUT2D eigenvalue weighted by Crippen LogP contribution is 2.38. The van der Waals surface area contributed by atoms with Gasteiger partial charge in [0.15, 0.2) is 0 Å². The van der Waals surface area contributed by atoms with Crippen molar-refractivity contribution >= 4 is 16.9 Å². The molecule has 2 aliphatic rings. The minimum absolute atomic E-state index is 0.104. The smallest absolute Gasteiger partial charge is 0.321 e. The van der Waals surface area contributed by atoms with Crippen molar-refractivity contribution in [3.63, 3.8) is 0 Å². The third-order valence-corrected chi connectivity index (χ3v) is 5.38. The van der Waals surface area contributed by atoms with Crippen molar-refractivity contribution in [1.82, 2.24) is 9.88 Å². The van der Waals surface area contributed by atoms with Crippen LogP contribution < -0.4 is 5.32 Å². The van der Waals surface area contributed by atoms with Gasteiger partial charge in [-0.25, -0.2) is 0 Å². The minimum atomic E-state index is -0.750. The van der Waals surface area contributed by atoms with Crippen LogP contribution in [-0.4, -0.2) is 21.7 Å². The summed E-state index contributed by atoms with van der Waals surface area (Å²) in [5, 5.41) is 14.3. The molecule has 2 unspecified atom stereocenters. The maximum Gasteiger partial charge on any atom is 0.321 e. The standard InChI is InChI=1S/C20H26N2O2/c1-12(2)8-16-15-4-3-5-18-19(15)14(9-17(21-16)20(23)24)11-22(18)10-13-6-7-13/h3-5,11-13,16-17,21H,6-10H2,1-2H3,(H,23,24). The van der Waals surface area contributed by atoms with Gasteiger partial charge in [0, 0.05) is 36.1 Å². The molecule has 2 N–H and O–H groups in total. The first kappa shape index (κ1) is 15.7. The fraction of sp³-hybridized carbons (Fsp3) is 0.550. The van der Waals surface area contributed by atoms with Gasteiger partial charge in [0.2, 0.25) is 0 Å². The molecule has 4 nitrogen and oxygen atoms in total. The molecule has 128 valence electrons. The first-order chi connectivity index (χ1) is 11.5. The zero-order valence-electron chi connectivity index (χ0n) is 14.5. The van der Waals surface area contributed by atoms with E-state index in [4.69, 9.17) is 0 Å². The van der Waals surface area contributed by atoms with E-state index in [2.05, 4.69) is 48.1 Å². The molecule has 24 heavy (non-hydrogen) atoms. The molecule has 0 amide bonds. The number of aromatic nitrogens is 1. The molecule has 2 aromatic rings. The van der Waals surface area contributed by atoms with Gasteiger partial charge in [-0.15, -0.1) is 0 Å². The van der Waals surface area contributed by atoms with Crippen molar-refractivity contribution in [2.45, 2.75) is 58.2 Å². The molecule has 0 radical (unpaired) electrons. The van der Waals surface area contributed by atoms with Gasteiger partial charge in [-0.1, -0.05) is 26.0 Å². The Bertz CT molecular complexity index is 773. The highest BCUT2D eigenvalue weighted by molar-refractivity contribution is 5.89. The number of hydrogen-bond acceptors (Lipinski definition) is 2. The Hall–Kier alpha value is -1.81. The van der Waals surface area contributed by atoms with Gasteiger partial charge in [-0.2, -0.15) is 0 Å². The molecule has 0 bridgehead atoms. The lowest BCUT2D eigenvalue weighted by molar-refractivity contribution is -0.139. The number of benzene rings is 1. The molecule has 0 spiro atoms. The van der Waals surface area contributed by atoms with Crippen LogP contribution in [-0.2, 0) is 17.8 Å². The summed E-state index contributed by atoms with van der Waals surface area (Å²) in [6.45, 7) is 5.46. The van der Waals surface area contributed by atoms with Crippen LogP contribution in [0.25, 0.3) is 10.9 Å². The molecule has 1 aromatic heterocycles. The molecule has 1 aliphatic carbocycles. The number of carboxylic acids is 1. The van der Waals surface area contributed by atoms with E-state index in [1.165, 1.54) is 34.9 Å². The van der Waals surface area contributed by atoms with E-state index in [0.717, 1.165) is 18.9 Å². The zero-order valence-corrected chi connectivity index (χ0v) is 14.5. The maximum absolute atomic E-state index is 11.7. The predicted molar refractivity (Wildman–Crippen MR) is 95.1 cm³/mol. The highest BCUT2D eigenvalue weighted by atomic mass is 16.4. The van der Waals surface area contributed by atoms with Crippen LogP contribution in [0.2, 0.25) is 0 Å². The van der Waals surface area contributed by atoms with Crippen molar-refractivity contribution in [1.29, 1.82) is 0 Å². The molecule has 1 aliphatic heterocycles. The van der Waals surface area contributed by atoms with Crippen molar-refractivity contribution < 1.29 is 9.90 Å². The van der Waals surface area contributed by atoms with E-state index < -0.39 is 12.0 Å². The van der Waals surface area contributed by atoms with E-state index in [-0.39, 0.29) is 6.04 Å². The molecular weight excluding hydrogens is 300 g/mol. The van der Waals surface area contributed by atoms with Crippen LogP contribution in [0.3, 0.4) is 0 Å². The SMILES string of the molecule is CC(C)CC1NC(C(=O)O)Cc2cn(CC3CC3)c3cccc1c23. The largest absolute Gasteiger partial charge is 0.480 e. The van der Waals surface area contributed by atoms with E-state index in [1.807, 2.05) is 0 Å². The van der Waals surface area contributed by atoms with E-state index in [9.17, 15) is 9.90 Å². The van der Waals surface area contributed by atoms with E-state index in [0.29, 0.717) is 12.3 Å². The van der Waals surface area contributed by atoms with Crippen molar-refractivity contribution in [3.05, 3.63) is 35.5 Å². The van der Waals surface area contributed by atoms with Crippen LogP contribution in [0, 0.1) is 11.8 Å². The molecular formula is C20H26N2O2. The van der Waals surface area contributed by atoms with Gasteiger partial charge < -0.3 is 9.67 Å². The minimum Gasteiger partial charge on any atom is -0.480 e. The lowest BCUT2D eigenvalue weighted by Crippen LogP contribution is -2.40. The average Bonchev–Trinajstić information content (AvgIpc) is 3.29. The quantitative estimate of drug-likeness (QED) is 0.880. The molecule has 1 aromatic carbocycles. The summed E-state index contributed by atoms with van der Waals surface area (Å²) in [7, 11) is 0. The number of carbonyl (C=O) groups is 1. The lowest BCUT2D eigenvalue weighted by Gasteiger charge is -2.23. The first-order valence-electron chi connectivity index (χ1n) is 9.12. The van der Waals surface area contributed by atoms with Crippen molar-refractivity contribution in [2.75, 3.05) is 0 Å². The summed E-state index contributed by atoms with van der Waals surface area (Å²) in [4.78, 5) is 11.7. The molecule has 2 heterocycles. The van der Waals surface area contributed by atoms with Gasteiger partial charge in [0.05, 0.1) is 0 Å². The second kappa shape index (κ2) is 5.92. The zero-order chi connectivity index (χ0) is 16.8. The molecule has 4 rings (SSSR count). The van der Waals surface area contributed by atoms with Crippen molar-refractivity contribution in [3.8, 4) is 0 Å². The van der Waals surface area contributed by atoms with Gasteiger partial charge in [-0.3, -0.25) is 10.1 Å². The fourth-order valence-corrected chi connectivity index (χ4v) is 4.08. The van der Waals surface area contributed by atoms with Gasteiger partial charge in [0.1, 0.15) is 6.04 Å². The highest BCUT2D eigenvalue weighted by Gasteiger charge is 2.31. The van der Waals surface area contributed by atoms with Gasteiger partial charge in [-0.05, 0) is 48.3 Å². The van der Waals surface area contributed by atoms with Gasteiger partial charge >= 0.3 is 5.97 Å². The predicted octanol–water partition coefficient (Wildman–Crippen LogP) is 3.74. The number of carboxylic acid groups (broad SMARTS) is 1. The monoisotopic (exact) mass is 326 g/mol. The number of rotatable bonds is 5. The lowest BCUT2D eigenvalue weighted by atomic mass is 9.94. The summed E-state index contributed by atoms with van der Waals surface area (Å²) in [5.41, 5.74) is 3.73. The Labute approximate surface area is 142 Å². The maximum atomic E-state index is 11.7. The van der Waals surface area contributed by atoms with Crippen molar-refractivity contribution in [2.24, 2.45) is 11.8 Å². The fourth-order valence-electron chi connectivity index (χ4n) is 4.08. The Morgan fingerprint density at radius 3 is 2.83 bits per heavy atom. The normalized spacial score (nSPS) is 23.6. The summed E-state index contributed by atoms with van der Waals surface area (Å²) in [6, 6.07) is 6.09. The van der Waals surface area contributed by atoms with Crippen LogP contribution in [0.4, 0.5) is 0 Å². The Balaban J connectivity index is 1.84. The summed E-state index contributed by atoms with van der Waals surface area (Å²) in [5.74, 6) is 0.571. The van der Waals surface area contributed by atoms with Crippen LogP contribution in [0.5, 0.6) is 0 Å². The second-order valence-electron chi connectivity index (χ2n) is 7.94. The van der Waals surface area contributed by atoms with E-state index in [1.54, 1.807) is 0 Å². The molecule has 0 saturated heterocycles. The van der Waals surface area contributed by atoms with Gasteiger partial charge in [0.25, 0.3) is 0 Å². The second-order valence-corrected chi connectivity index (χ2v) is 7.94. The van der Waals surface area contributed by atoms with E-state index >= 15 is 0 Å².